The molecule has 8 heteroatoms. The molecule has 1 N–H and O–H groups in total. The van der Waals surface area contributed by atoms with Crippen LogP contribution in [0.1, 0.15) is 6.42 Å². The highest BCUT2D eigenvalue weighted by Crippen LogP contribution is 2.28. The Hall–Kier alpha value is -2.03. The molecule has 124 valence electrons. The van der Waals surface area contributed by atoms with Crippen LogP contribution in [0.2, 0.25) is 0 Å². The minimum absolute atomic E-state index is 0.0880. The van der Waals surface area contributed by atoms with Crippen LogP contribution >= 0.6 is 0 Å². The SMILES string of the molecule is CN(CCCO)S(=O)(=O)c1cccnc1Oc1ccc(F)cc1. The molecular weight excluding hydrogens is 323 g/mol. The van der Waals surface area contributed by atoms with Gasteiger partial charge in [0.15, 0.2) is 0 Å². The fourth-order valence-electron chi connectivity index (χ4n) is 1.84. The first-order valence-electron chi connectivity index (χ1n) is 6.91. The molecule has 0 bridgehead atoms. The normalized spacial score (nSPS) is 11.7. The van der Waals surface area contributed by atoms with Gasteiger partial charge in [0.1, 0.15) is 16.5 Å². The van der Waals surface area contributed by atoms with E-state index in [1.807, 2.05) is 0 Å². The van der Waals surface area contributed by atoms with Gasteiger partial charge in [0.25, 0.3) is 0 Å². The highest BCUT2D eigenvalue weighted by molar-refractivity contribution is 7.89. The third kappa shape index (κ3) is 4.25. The predicted octanol–water partition coefficient (Wildman–Crippen LogP) is 2.02. The Morgan fingerprint density at radius 2 is 1.96 bits per heavy atom. The van der Waals surface area contributed by atoms with Crippen LogP contribution in [0.15, 0.2) is 47.5 Å². The van der Waals surface area contributed by atoms with Gasteiger partial charge < -0.3 is 9.84 Å². The number of hydrogen-bond acceptors (Lipinski definition) is 5. The molecule has 0 radical (unpaired) electrons. The van der Waals surface area contributed by atoms with Crippen molar-refractivity contribution >= 4 is 10.0 Å². The maximum Gasteiger partial charge on any atom is 0.248 e. The number of pyridine rings is 1. The minimum atomic E-state index is -3.81. The number of halogens is 1. The number of rotatable bonds is 7. The summed E-state index contributed by atoms with van der Waals surface area (Å²) in [7, 11) is -2.39. The Kier molecular flexibility index (Phi) is 5.64. The second-order valence-electron chi connectivity index (χ2n) is 4.77. The van der Waals surface area contributed by atoms with Crippen LogP contribution in [0.3, 0.4) is 0 Å². The largest absolute Gasteiger partial charge is 0.438 e. The van der Waals surface area contributed by atoms with Crippen LogP contribution in [0.5, 0.6) is 11.6 Å². The van der Waals surface area contributed by atoms with Gasteiger partial charge in [0.05, 0.1) is 0 Å². The Labute approximate surface area is 134 Å². The van der Waals surface area contributed by atoms with Gasteiger partial charge in [-0.15, -0.1) is 0 Å². The van der Waals surface area contributed by atoms with E-state index < -0.39 is 15.8 Å². The Morgan fingerprint density at radius 1 is 1.26 bits per heavy atom. The highest BCUT2D eigenvalue weighted by Gasteiger charge is 2.25. The lowest BCUT2D eigenvalue weighted by atomic mass is 10.3. The molecule has 0 saturated carbocycles. The van der Waals surface area contributed by atoms with Crippen LogP contribution in [-0.2, 0) is 10.0 Å². The molecule has 1 aromatic heterocycles. The summed E-state index contributed by atoms with van der Waals surface area (Å²) in [6.45, 7) is 0.0650. The van der Waals surface area contributed by atoms with Crippen molar-refractivity contribution in [1.82, 2.24) is 9.29 Å². The van der Waals surface area contributed by atoms with Gasteiger partial charge >= 0.3 is 0 Å². The van der Waals surface area contributed by atoms with E-state index in [9.17, 15) is 12.8 Å². The average Bonchev–Trinajstić information content (AvgIpc) is 2.55. The molecule has 0 amide bonds. The number of benzene rings is 1. The molecule has 0 aliphatic rings. The quantitative estimate of drug-likeness (QED) is 0.834. The molecule has 0 saturated heterocycles. The van der Waals surface area contributed by atoms with Gasteiger partial charge in [-0.3, -0.25) is 0 Å². The highest BCUT2D eigenvalue weighted by atomic mass is 32.2. The summed E-state index contributed by atoms with van der Waals surface area (Å²) >= 11 is 0. The van der Waals surface area contributed by atoms with Crippen molar-refractivity contribution < 1.29 is 22.7 Å². The number of aliphatic hydroxyl groups is 1. The molecule has 1 aromatic carbocycles. The first-order chi connectivity index (χ1) is 10.9. The van der Waals surface area contributed by atoms with Crippen LogP contribution in [-0.4, -0.2) is 43.0 Å². The molecule has 0 aliphatic carbocycles. The zero-order valence-corrected chi connectivity index (χ0v) is 13.3. The van der Waals surface area contributed by atoms with Crippen LogP contribution in [0, 0.1) is 5.82 Å². The molecule has 2 aromatic rings. The van der Waals surface area contributed by atoms with Crippen LogP contribution in [0.25, 0.3) is 0 Å². The van der Waals surface area contributed by atoms with Crippen molar-refractivity contribution in [2.24, 2.45) is 0 Å². The number of ether oxygens (including phenoxy) is 1. The molecule has 1 heterocycles. The fraction of sp³-hybridized carbons (Fsp3) is 0.267. The van der Waals surface area contributed by atoms with Crippen molar-refractivity contribution in [2.45, 2.75) is 11.3 Å². The molecule has 0 unspecified atom stereocenters. The average molecular weight is 340 g/mol. The zero-order valence-electron chi connectivity index (χ0n) is 12.5. The van der Waals surface area contributed by atoms with Gasteiger partial charge in [-0.2, -0.15) is 0 Å². The van der Waals surface area contributed by atoms with E-state index in [2.05, 4.69) is 4.98 Å². The van der Waals surface area contributed by atoms with Crippen LogP contribution < -0.4 is 4.74 Å². The molecule has 23 heavy (non-hydrogen) atoms. The standard InChI is InChI=1S/C15H17FN2O4S/c1-18(10-3-11-19)23(20,21)14-4-2-9-17-15(14)22-13-7-5-12(16)6-8-13/h2,4-9,19H,3,10-11H2,1H3. The summed E-state index contributed by atoms with van der Waals surface area (Å²) in [6.07, 6.45) is 1.73. The van der Waals surface area contributed by atoms with E-state index in [1.165, 1.54) is 49.6 Å². The Morgan fingerprint density at radius 3 is 2.61 bits per heavy atom. The van der Waals surface area contributed by atoms with Gasteiger partial charge in [0, 0.05) is 26.4 Å². The smallest absolute Gasteiger partial charge is 0.248 e. The summed E-state index contributed by atoms with van der Waals surface area (Å²) < 4.78 is 44.7. The van der Waals surface area contributed by atoms with E-state index in [4.69, 9.17) is 9.84 Å². The van der Waals surface area contributed by atoms with Gasteiger partial charge in [-0.25, -0.2) is 22.1 Å². The maximum atomic E-state index is 12.9. The first-order valence-corrected chi connectivity index (χ1v) is 8.35. The molecule has 0 aliphatic heterocycles. The van der Waals surface area contributed by atoms with Gasteiger partial charge in [-0.05, 0) is 42.8 Å². The zero-order chi connectivity index (χ0) is 16.9. The second-order valence-corrected chi connectivity index (χ2v) is 6.78. The summed E-state index contributed by atoms with van der Waals surface area (Å²) in [5.41, 5.74) is 0. The van der Waals surface area contributed by atoms with Crippen LogP contribution in [0.4, 0.5) is 4.39 Å². The molecular formula is C15H17FN2O4S. The van der Waals surface area contributed by atoms with Crippen molar-refractivity contribution in [3.63, 3.8) is 0 Å². The lowest BCUT2D eigenvalue weighted by Gasteiger charge is -2.18. The maximum absolute atomic E-state index is 12.9. The van der Waals surface area contributed by atoms with Crippen molar-refractivity contribution in [1.29, 1.82) is 0 Å². The van der Waals surface area contributed by atoms with E-state index in [0.717, 1.165) is 4.31 Å². The molecule has 6 nitrogen and oxygen atoms in total. The second kappa shape index (κ2) is 7.49. The summed E-state index contributed by atoms with van der Waals surface area (Å²) in [5.74, 6) is -0.232. The lowest BCUT2D eigenvalue weighted by Crippen LogP contribution is -2.28. The van der Waals surface area contributed by atoms with E-state index in [-0.39, 0.29) is 29.7 Å². The summed E-state index contributed by atoms with van der Waals surface area (Å²) in [6, 6.07) is 8.06. The monoisotopic (exact) mass is 340 g/mol. The van der Waals surface area contributed by atoms with Crippen molar-refractivity contribution in [2.75, 3.05) is 20.2 Å². The lowest BCUT2D eigenvalue weighted by molar-refractivity contribution is 0.275. The Balaban J connectivity index is 2.31. The molecule has 0 spiro atoms. The number of hydrogen-bond donors (Lipinski definition) is 1. The summed E-state index contributed by atoms with van der Waals surface area (Å²) in [5, 5.41) is 8.83. The number of nitrogens with zero attached hydrogens (tertiary/aromatic N) is 2. The predicted molar refractivity (Wildman–Crippen MR) is 82.2 cm³/mol. The Bertz CT molecular complexity index is 750. The molecule has 2 rings (SSSR count). The van der Waals surface area contributed by atoms with E-state index in [0.29, 0.717) is 6.42 Å². The third-order valence-electron chi connectivity index (χ3n) is 3.08. The topological polar surface area (TPSA) is 79.7 Å². The van der Waals surface area contributed by atoms with Gasteiger partial charge in [-0.1, -0.05) is 0 Å². The first kappa shape index (κ1) is 17.3. The third-order valence-corrected chi connectivity index (χ3v) is 4.95. The molecule has 0 atom stereocenters. The summed E-state index contributed by atoms with van der Waals surface area (Å²) in [4.78, 5) is 3.86. The van der Waals surface area contributed by atoms with Gasteiger partial charge in [0.2, 0.25) is 15.9 Å². The van der Waals surface area contributed by atoms with Crippen molar-refractivity contribution in [3.8, 4) is 11.6 Å². The number of aliphatic hydroxyl groups excluding tert-OH is 1. The minimum Gasteiger partial charge on any atom is -0.438 e. The van der Waals surface area contributed by atoms with Crippen molar-refractivity contribution in [3.05, 3.63) is 48.4 Å². The number of aromatic nitrogens is 1. The van der Waals surface area contributed by atoms with E-state index in [1.54, 1.807) is 0 Å². The van der Waals surface area contributed by atoms with E-state index >= 15 is 0 Å². The molecule has 0 fully saturated rings. The fourth-order valence-corrected chi connectivity index (χ4v) is 3.12. The number of sulfonamides is 1.